The van der Waals surface area contributed by atoms with E-state index in [4.69, 9.17) is 0 Å². The van der Waals surface area contributed by atoms with Crippen molar-refractivity contribution in [1.82, 2.24) is 4.90 Å². The van der Waals surface area contributed by atoms with Gasteiger partial charge in [-0.1, -0.05) is 13.3 Å². The number of ketones is 1. The normalized spacial score (nSPS) is 19.7. The molecule has 1 fully saturated rings. The van der Waals surface area contributed by atoms with Crippen LogP contribution in [0.5, 0.6) is 11.5 Å². The first-order valence-corrected chi connectivity index (χ1v) is 6.87. The van der Waals surface area contributed by atoms with E-state index in [-0.39, 0.29) is 22.8 Å². The van der Waals surface area contributed by atoms with Crippen LogP contribution in [0, 0.1) is 5.92 Å². The number of hydrogen-bond acceptors (Lipinski definition) is 4. The van der Waals surface area contributed by atoms with Crippen LogP contribution in [-0.2, 0) is 0 Å². The molecule has 104 valence electrons. The number of rotatable bonds is 5. The maximum atomic E-state index is 12.1. The van der Waals surface area contributed by atoms with E-state index < -0.39 is 0 Å². The van der Waals surface area contributed by atoms with E-state index in [1.54, 1.807) is 0 Å². The Kier molecular flexibility index (Phi) is 4.43. The molecule has 1 atom stereocenters. The van der Waals surface area contributed by atoms with Gasteiger partial charge in [0.2, 0.25) is 0 Å². The number of benzene rings is 1. The van der Waals surface area contributed by atoms with Gasteiger partial charge in [0.1, 0.15) is 11.5 Å². The topological polar surface area (TPSA) is 60.8 Å². The van der Waals surface area contributed by atoms with Crippen molar-refractivity contribution in [3.8, 4) is 11.5 Å². The van der Waals surface area contributed by atoms with Gasteiger partial charge < -0.3 is 10.2 Å². The van der Waals surface area contributed by atoms with Crippen molar-refractivity contribution in [3.63, 3.8) is 0 Å². The predicted octanol–water partition coefficient (Wildman–Crippen LogP) is 2.40. The number of hydrogen-bond donors (Lipinski definition) is 2. The molecular formula is C15H21NO3. The van der Waals surface area contributed by atoms with Crippen molar-refractivity contribution in [2.24, 2.45) is 5.92 Å². The highest BCUT2D eigenvalue weighted by molar-refractivity contribution is 6.00. The number of Topliss-reactive ketones (excluding diaryl/α,β-unsaturated/α-hetero) is 1. The third kappa shape index (κ3) is 3.47. The first-order valence-electron chi connectivity index (χ1n) is 6.87. The quantitative estimate of drug-likeness (QED) is 0.801. The zero-order chi connectivity index (χ0) is 13.8. The number of phenols is 2. The van der Waals surface area contributed by atoms with E-state index in [0.717, 1.165) is 19.5 Å². The Hall–Kier alpha value is -1.55. The Bertz CT molecular complexity index is 459. The van der Waals surface area contributed by atoms with Gasteiger partial charge in [-0.2, -0.15) is 0 Å². The third-order valence-electron chi connectivity index (χ3n) is 3.72. The largest absolute Gasteiger partial charge is 0.508 e. The van der Waals surface area contributed by atoms with Crippen molar-refractivity contribution in [2.45, 2.75) is 26.2 Å². The lowest BCUT2D eigenvalue weighted by atomic mass is 10.0. The first-order chi connectivity index (χ1) is 9.10. The summed E-state index contributed by atoms with van der Waals surface area (Å²) >= 11 is 0. The standard InChI is InChI=1S/C15H21NO3/c1-2-3-11-6-7-16(9-11)10-15(19)13-5-4-12(17)8-14(13)18/h4-5,8,11,17-18H,2-3,6-7,9-10H2,1H3. The number of likely N-dealkylation sites (tertiary alicyclic amines) is 1. The molecule has 0 saturated carbocycles. The molecular weight excluding hydrogens is 242 g/mol. The molecule has 2 N–H and O–H groups in total. The molecule has 19 heavy (non-hydrogen) atoms. The fraction of sp³-hybridized carbons (Fsp3) is 0.533. The fourth-order valence-electron chi connectivity index (χ4n) is 2.74. The summed E-state index contributed by atoms with van der Waals surface area (Å²) in [6.45, 7) is 4.45. The molecule has 1 aromatic rings. The second-order valence-corrected chi connectivity index (χ2v) is 5.30. The molecule has 1 unspecified atom stereocenters. The lowest BCUT2D eigenvalue weighted by molar-refractivity contribution is 0.0940. The molecule has 0 aliphatic carbocycles. The molecule has 1 aromatic carbocycles. The highest BCUT2D eigenvalue weighted by Crippen LogP contribution is 2.25. The second-order valence-electron chi connectivity index (χ2n) is 5.30. The monoisotopic (exact) mass is 263 g/mol. The minimum Gasteiger partial charge on any atom is -0.508 e. The molecule has 0 amide bonds. The fourth-order valence-corrected chi connectivity index (χ4v) is 2.74. The number of aromatic hydroxyl groups is 2. The Morgan fingerprint density at radius 3 is 2.89 bits per heavy atom. The highest BCUT2D eigenvalue weighted by atomic mass is 16.3. The molecule has 4 heteroatoms. The van der Waals surface area contributed by atoms with Crippen LogP contribution >= 0.6 is 0 Å². The van der Waals surface area contributed by atoms with Crippen LogP contribution in [-0.4, -0.2) is 40.5 Å². The van der Waals surface area contributed by atoms with E-state index in [1.807, 2.05) is 0 Å². The van der Waals surface area contributed by atoms with Gasteiger partial charge in [-0.15, -0.1) is 0 Å². The average molecular weight is 263 g/mol. The van der Waals surface area contributed by atoms with Crippen molar-refractivity contribution < 1.29 is 15.0 Å². The van der Waals surface area contributed by atoms with Gasteiger partial charge in [0.05, 0.1) is 12.1 Å². The van der Waals surface area contributed by atoms with Gasteiger partial charge in [0.15, 0.2) is 5.78 Å². The summed E-state index contributed by atoms with van der Waals surface area (Å²) in [6, 6.07) is 4.11. The van der Waals surface area contributed by atoms with Gasteiger partial charge in [0.25, 0.3) is 0 Å². The van der Waals surface area contributed by atoms with Crippen LogP contribution in [0.15, 0.2) is 18.2 Å². The molecule has 0 spiro atoms. The minimum absolute atomic E-state index is 0.0294. The Labute approximate surface area is 113 Å². The van der Waals surface area contributed by atoms with Crippen molar-refractivity contribution in [2.75, 3.05) is 19.6 Å². The van der Waals surface area contributed by atoms with Gasteiger partial charge in [0, 0.05) is 12.6 Å². The number of carbonyl (C=O) groups excluding carboxylic acids is 1. The maximum absolute atomic E-state index is 12.1. The lowest BCUT2D eigenvalue weighted by Gasteiger charge is -2.15. The van der Waals surface area contributed by atoms with E-state index >= 15 is 0 Å². The molecule has 1 heterocycles. The molecule has 1 aliphatic rings. The predicted molar refractivity (Wildman–Crippen MR) is 73.6 cm³/mol. The van der Waals surface area contributed by atoms with Crippen LogP contribution < -0.4 is 0 Å². The van der Waals surface area contributed by atoms with Crippen LogP contribution in [0.1, 0.15) is 36.5 Å². The SMILES string of the molecule is CCCC1CCN(CC(=O)c2ccc(O)cc2O)C1. The van der Waals surface area contributed by atoms with Gasteiger partial charge in [-0.3, -0.25) is 9.69 Å². The van der Waals surface area contributed by atoms with Gasteiger partial charge >= 0.3 is 0 Å². The highest BCUT2D eigenvalue weighted by Gasteiger charge is 2.24. The molecule has 0 aromatic heterocycles. The molecule has 0 bridgehead atoms. The van der Waals surface area contributed by atoms with Gasteiger partial charge in [-0.05, 0) is 37.4 Å². The maximum Gasteiger partial charge on any atom is 0.180 e. The summed E-state index contributed by atoms with van der Waals surface area (Å²) in [5, 5.41) is 18.9. The molecule has 1 aliphatic heterocycles. The molecule has 2 rings (SSSR count). The zero-order valence-corrected chi connectivity index (χ0v) is 11.3. The van der Waals surface area contributed by atoms with Crippen molar-refractivity contribution in [1.29, 1.82) is 0 Å². The van der Waals surface area contributed by atoms with Crippen LogP contribution in [0.4, 0.5) is 0 Å². The van der Waals surface area contributed by atoms with Crippen molar-refractivity contribution >= 4 is 5.78 Å². The van der Waals surface area contributed by atoms with Crippen LogP contribution in [0.3, 0.4) is 0 Å². The number of phenolic OH excluding ortho intramolecular Hbond substituents is 2. The summed E-state index contributed by atoms with van der Waals surface area (Å²) in [5.41, 5.74) is 0.289. The Balaban J connectivity index is 1.94. The number of carbonyl (C=O) groups is 1. The summed E-state index contributed by atoms with van der Waals surface area (Å²) < 4.78 is 0. The van der Waals surface area contributed by atoms with Gasteiger partial charge in [-0.25, -0.2) is 0 Å². The number of nitrogens with zero attached hydrogens (tertiary/aromatic N) is 1. The summed E-state index contributed by atoms with van der Waals surface area (Å²) in [6.07, 6.45) is 3.56. The van der Waals surface area contributed by atoms with Crippen LogP contribution in [0.25, 0.3) is 0 Å². The lowest BCUT2D eigenvalue weighted by Crippen LogP contribution is -2.27. The average Bonchev–Trinajstić information content (AvgIpc) is 2.76. The molecule has 4 nitrogen and oxygen atoms in total. The summed E-state index contributed by atoms with van der Waals surface area (Å²) in [7, 11) is 0. The molecule has 1 saturated heterocycles. The second kappa shape index (κ2) is 6.06. The molecule has 0 radical (unpaired) electrons. The minimum atomic E-state index is -0.144. The third-order valence-corrected chi connectivity index (χ3v) is 3.72. The zero-order valence-electron chi connectivity index (χ0n) is 11.3. The van der Waals surface area contributed by atoms with E-state index in [0.29, 0.717) is 12.5 Å². The Morgan fingerprint density at radius 1 is 1.42 bits per heavy atom. The van der Waals surface area contributed by atoms with E-state index in [2.05, 4.69) is 11.8 Å². The first kappa shape index (κ1) is 13.9. The van der Waals surface area contributed by atoms with E-state index in [9.17, 15) is 15.0 Å². The smallest absolute Gasteiger partial charge is 0.180 e. The summed E-state index contributed by atoms with van der Waals surface area (Å²) in [5.74, 6) is 0.438. The van der Waals surface area contributed by atoms with E-state index in [1.165, 1.54) is 31.0 Å². The Morgan fingerprint density at radius 2 is 2.21 bits per heavy atom. The van der Waals surface area contributed by atoms with Crippen molar-refractivity contribution in [3.05, 3.63) is 23.8 Å². The summed E-state index contributed by atoms with van der Waals surface area (Å²) in [4.78, 5) is 14.3. The van der Waals surface area contributed by atoms with Crippen LogP contribution in [0.2, 0.25) is 0 Å².